The highest BCUT2D eigenvalue weighted by atomic mass is 16.1. The van der Waals surface area contributed by atoms with Gasteiger partial charge in [0.05, 0.1) is 0 Å². The van der Waals surface area contributed by atoms with Crippen LogP contribution in [-0.2, 0) is 4.79 Å². The van der Waals surface area contributed by atoms with Crippen molar-refractivity contribution in [2.45, 2.75) is 19.8 Å². The van der Waals surface area contributed by atoms with Crippen molar-refractivity contribution in [3.63, 3.8) is 0 Å². The SMILES string of the molecule is Cc1c(-c2ccccc2)cccc1N1CCC(=O)CC1. The minimum atomic E-state index is 0.387. The van der Waals surface area contributed by atoms with Crippen LogP contribution in [0.4, 0.5) is 5.69 Å². The molecule has 102 valence electrons. The van der Waals surface area contributed by atoms with E-state index in [1.807, 2.05) is 6.07 Å². The van der Waals surface area contributed by atoms with Crippen molar-refractivity contribution in [3.8, 4) is 11.1 Å². The van der Waals surface area contributed by atoms with E-state index < -0.39 is 0 Å². The van der Waals surface area contributed by atoms with E-state index in [1.54, 1.807) is 0 Å². The number of nitrogens with zero attached hydrogens (tertiary/aromatic N) is 1. The number of piperidine rings is 1. The van der Waals surface area contributed by atoms with E-state index in [1.165, 1.54) is 22.4 Å². The first-order valence-electron chi connectivity index (χ1n) is 7.17. The molecule has 2 nitrogen and oxygen atoms in total. The Hall–Kier alpha value is -2.09. The lowest BCUT2D eigenvalue weighted by Gasteiger charge is -2.30. The molecule has 0 saturated carbocycles. The molecule has 1 heterocycles. The summed E-state index contributed by atoms with van der Waals surface area (Å²) >= 11 is 0. The van der Waals surface area contributed by atoms with Gasteiger partial charge in [-0.05, 0) is 29.7 Å². The highest BCUT2D eigenvalue weighted by Gasteiger charge is 2.18. The molecule has 2 aromatic carbocycles. The van der Waals surface area contributed by atoms with Crippen LogP contribution in [-0.4, -0.2) is 18.9 Å². The van der Waals surface area contributed by atoms with Gasteiger partial charge >= 0.3 is 0 Å². The van der Waals surface area contributed by atoms with Gasteiger partial charge in [-0.15, -0.1) is 0 Å². The summed E-state index contributed by atoms with van der Waals surface area (Å²) in [5, 5.41) is 0. The van der Waals surface area contributed by atoms with Gasteiger partial charge in [0.25, 0.3) is 0 Å². The van der Waals surface area contributed by atoms with Crippen LogP contribution in [0.25, 0.3) is 11.1 Å². The first kappa shape index (κ1) is 12.9. The van der Waals surface area contributed by atoms with Gasteiger partial charge in [-0.25, -0.2) is 0 Å². The van der Waals surface area contributed by atoms with Gasteiger partial charge in [0, 0.05) is 31.6 Å². The first-order chi connectivity index (χ1) is 9.75. The normalized spacial score (nSPS) is 15.4. The van der Waals surface area contributed by atoms with Crippen molar-refractivity contribution < 1.29 is 4.79 Å². The zero-order valence-electron chi connectivity index (χ0n) is 11.8. The van der Waals surface area contributed by atoms with Crippen molar-refractivity contribution in [2.75, 3.05) is 18.0 Å². The maximum Gasteiger partial charge on any atom is 0.136 e. The largest absolute Gasteiger partial charge is 0.370 e. The van der Waals surface area contributed by atoms with Gasteiger partial charge in [-0.3, -0.25) is 4.79 Å². The number of rotatable bonds is 2. The van der Waals surface area contributed by atoms with Gasteiger partial charge < -0.3 is 4.90 Å². The monoisotopic (exact) mass is 265 g/mol. The number of anilines is 1. The molecule has 0 spiro atoms. The molecule has 3 rings (SSSR count). The molecule has 0 aliphatic carbocycles. The maximum atomic E-state index is 11.4. The van der Waals surface area contributed by atoms with Gasteiger partial charge in [-0.1, -0.05) is 42.5 Å². The van der Waals surface area contributed by atoms with Crippen molar-refractivity contribution in [3.05, 3.63) is 54.1 Å². The van der Waals surface area contributed by atoms with Crippen molar-refractivity contribution in [1.82, 2.24) is 0 Å². The summed E-state index contributed by atoms with van der Waals surface area (Å²) in [4.78, 5) is 13.7. The lowest BCUT2D eigenvalue weighted by atomic mass is 9.98. The summed E-state index contributed by atoms with van der Waals surface area (Å²) in [7, 11) is 0. The molecule has 0 radical (unpaired) electrons. The van der Waals surface area contributed by atoms with E-state index >= 15 is 0 Å². The van der Waals surface area contributed by atoms with E-state index in [0.29, 0.717) is 18.6 Å². The summed E-state index contributed by atoms with van der Waals surface area (Å²) in [6.07, 6.45) is 1.35. The Bertz CT molecular complexity index is 609. The third kappa shape index (κ3) is 2.46. The fourth-order valence-electron chi connectivity index (χ4n) is 2.89. The molecule has 0 bridgehead atoms. The Morgan fingerprint density at radius 3 is 2.30 bits per heavy atom. The second-order valence-electron chi connectivity index (χ2n) is 5.34. The third-order valence-corrected chi connectivity index (χ3v) is 4.05. The molecule has 0 unspecified atom stereocenters. The lowest BCUT2D eigenvalue weighted by molar-refractivity contribution is -0.119. The van der Waals surface area contributed by atoms with Gasteiger partial charge in [0.15, 0.2) is 0 Å². The Kier molecular flexibility index (Phi) is 3.55. The molecule has 1 aliphatic heterocycles. The van der Waals surface area contributed by atoms with E-state index in [2.05, 4.69) is 54.3 Å². The Morgan fingerprint density at radius 1 is 0.900 bits per heavy atom. The zero-order valence-corrected chi connectivity index (χ0v) is 11.8. The summed E-state index contributed by atoms with van der Waals surface area (Å²) in [6.45, 7) is 3.87. The van der Waals surface area contributed by atoms with Crippen LogP contribution in [0.5, 0.6) is 0 Å². The second-order valence-corrected chi connectivity index (χ2v) is 5.34. The standard InChI is InChI=1S/C18H19NO/c1-14-17(15-6-3-2-4-7-15)8-5-9-18(14)19-12-10-16(20)11-13-19/h2-9H,10-13H2,1H3. The van der Waals surface area contributed by atoms with Crippen LogP contribution < -0.4 is 4.90 Å². The lowest BCUT2D eigenvalue weighted by Crippen LogP contribution is -2.34. The molecule has 0 atom stereocenters. The molecule has 0 amide bonds. The molecular weight excluding hydrogens is 246 g/mol. The Labute approximate surface area is 120 Å². The number of hydrogen-bond acceptors (Lipinski definition) is 2. The van der Waals surface area contributed by atoms with E-state index in [9.17, 15) is 4.79 Å². The fourth-order valence-corrected chi connectivity index (χ4v) is 2.89. The van der Waals surface area contributed by atoms with Crippen molar-refractivity contribution in [1.29, 1.82) is 0 Å². The first-order valence-corrected chi connectivity index (χ1v) is 7.17. The van der Waals surface area contributed by atoms with Gasteiger partial charge in [-0.2, -0.15) is 0 Å². The van der Waals surface area contributed by atoms with Crippen LogP contribution in [0.15, 0.2) is 48.5 Å². The summed E-state index contributed by atoms with van der Waals surface area (Å²) in [5.41, 5.74) is 5.09. The Balaban J connectivity index is 1.96. The van der Waals surface area contributed by atoms with Crippen LogP contribution >= 0.6 is 0 Å². The molecule has 20 heavy (non-hydrogen) atoms. The molecule has 0 aromatic heterocycles. The molecule has 2 aromatic rings. The van der Waals surface area contributed by atoms with Crippen LogP contribution in [0.1, 0.15) is 18.4 Å². The number of benzene rings is 2. The molecular formula is C18H19NO. The van der Waals surface area contributed by atoms with E-state index in [4.69, 9.17) is 0 Å². The number of ketones is 1. The molecule has 1 aliphatic rings. The topological polar surface area (TPSA) is 20.3 Å². The van der Waals surface area contributed by atoms with Crippen LogP contribution in [0, 0.1) is 6.92 Å². The van der Waals surface area contributed by atoms with Gasteiger partial charge in [0.2, 0.25) is 0 Å². The minimum absolute atomic E-state index is 0.387. The second kappa shape index (κ2) is 5.49. The highest BCUT2D eigenvalue weighted by molar-refractivity contribution is 5.82. The predicted octanol–water partition coefficient (Wildman–Crippen LogP) is 3.83. The molecule has 2 heteroatoms. The molecule has 1 saturated heterocycles. The van der Waals surface area contributed by atoms with Crippen LogP contribution in [0.2, 0.25) is 0 Å². The minimum Gasteiger partial charge on any atom is -0.370 e. The van der Waals surface area contributed by atoms with E-state index in [-0.39, 0.29) is 0 Å². The highest BCUT2D eigenvalue weighted by Crippen LogP contribution is 2.31. The summed E-state index contributed by atoms with van der Waals surface area (Å²) < 4.78 is 0. The molecule has 0 N–H and O–H groups in total. The van der Waals surface area contributed by atoms with Gasteiger partial charge in [0.1, 0.15) is 5.78 Å². The fraction of sp³-hybridized carbons (Fsp3) is 0.278. The van der Waals surface area contributed by atoms with Crippen molar-refractivity contribution >= 4 is 11.5 Å². The zero-order chi connectivity index (χ0) is 13.9. The third-order valence-electron chi connectivity index (χ3n) is 4.05. The smallest absolute Gasteiger partial charge is 0.136 e. The predicted molar refractivity (Wildman–Crippen MR) is 83.1 cm³/mol. The van der Waals surface area contributed by atoms with E-state index in [0.717, 1.165) is 13.1 Å². The maximum absolute atomic E-state index is 11.4. The number of Topliss-reactive ketones (excluding diaryl/α,β-unsaturated/α-hetero) is 1. The summed E-state index contributed by atoms with van der Waals surface area (Å²) in [5.74, 6) is 0.387. The Morgan fingerprint density at radius 2 is 1.60 bits per heavy atom. The number of carbonyl (C=O) groups is 1. The average molecular weight is 265 g/mol. The summed E-state index contributed by atoms with van der Waals surface area (Å²) in [6, 6.07) is 16.9. The van der Waals surface area contributed by atoms with Crippen LogP contribution in [0.3, 0.4) is 0 Å². The van der Waals surface area contributed by atoms with Crippen molar-refractivity contribution in [2.24, 2.45) is 0 Å². The molecule has 1 fully saturated rings. The quantitative estimate of drug-likeness (QED) is 0.822. The average Bonchev–Trinajstić information content (AvgIpc) is 2.49. The number of hydrogen-bond donors (Lipinski definition) is 0. The number of carbonyl (C=O) groups excluding carboxylic acids is 1.